The van der Waals surface area contributed by atoms with Gasteiger partial charge in [0, 0.05) is 39.5 Å². The number of nitrogens with zero attached hydrogens (tertiary/aromatic N) is 1. The minimum atomic E-state index is -1.63. The maximum atomic E-state index is 13.6. The zero-order chi connectivity index (χ0) is 21.8. The van der Waals surface area contributed by atoms with Crippen molar-refractivity contribution in [3.05, 3.63) is 29.6 Å². The second-order valence-corrected chi connectivity index (χ2v) is 6.88. The highest BCUT2D eigenvalue weighted by Gasteiger charge is 2.15. The minimum absolute atomic E-state index is 0.311. The fraction of sp³-hybridized carbons (Fsp3) is 0.600. The van der Waals surface area contributed by atoms with Crippen molar-refractivity contribution >= 4 is 17.6 Å². The van der Waals surface area contributed by atoms with Crippen LogP contribution >= 0.6 is 0 Å². The first-order valence-electron chi connectivity index (χ1n) is 10.1. The monoisotopic (exact) mass is 430 g/mol. The van der Waals surface area contributed by atoms with E-state index in [0.717, 1.165) is 51.2 Å². The molecule has 10 heteroatoms. The summed E-state index contributed by atoms with van der Waals surface area (Å²) in [5.41, 5.74) is -0.436. The second kappa shape index (κ2) is 13.1. The molecule has 1 fully saturated rings. The van der Waals surface area contributed by atoms with E-state index in [1.807, 2.05) is 6.92 Å². The summed E-state index contributed by atoms with van der Waals surface area (Å²) in [5, 5.41) is 8.25. The molecule has 0 saturated carbocycles. The smallest absolute Gasteiger partial charge is 0.246 e. The number of anilines is 1. The van der Waals surface area contributed by atoms with Gasteiger partial charge in [0.15, 0.2) is 23.4 Å². The highest BCUT2D eigenvalue weighted by atomic mass is 19.2. The van der Waals surface area contributed by atoms with Crippen LogP contribution in [0.25, 0.3) is 0 Å². The number of carbonyl (C=O) groups is 1. The molecule has 0 spiro atoms. The van der Waals surface area contributed by atoms with E-state index in [1.165, 1.54) is 0 Å². The van der Waals surface area contributed by atoms with Crippen LogP contribution in [0.4, 0.5) is 18.9 Å². The molecule has 0 radical (unpaired) electrons. The molecule has 1 aliphatic rings. The first-order chi connectivity index (χ1) is 14.5. The van der Waals surface area contributed by atoms with Crippen molar-refractivity contribution in [1.29, 1.82) is 0 Å². The molecule has 0 unspecified atom stereocenters. The molecule has 0 aromatic heterocycles. The number of aliphatic imine (C=N–C) groups is 1. The number of guanidine groups is 1. The number of amides is 1. The Hall–Kier alpha value is -2.33. The maximum absolute atomic E-state index is 13.6. The zero-order valence-corrected chi connectivity index (χ0v) is 17.1. The van der Waals surface area contributed by atoms with Gasteiger partial charge in [-0.25, -0.2) is 18.2 Å². The van der Waals surface area contributed by atoms with Crippen molar-refractivity contribution in [3.63, 3.8) is 0 Å². The van der Waals surface area contributed by atoms with Crippen molar-refractivity contribution in [2.45, 2.75) is 26.2 Å². The van der Waals surface area contributed by atoms with Crippen LogP contribution in [0.1, 0.15) is 26.2 Å². The Bertz CT molecular complexity index is 713. The van der Waals surface area contributed by atoms with Crippen molar-refractivity contribution in [2.75, 3.05) is 51.4 Å². The third kappa shape index (κ3) is 8.19. The largest absolute Gasteiger partial charge is 0.381 e. The lowest BCUT2D eigenvalue weighted by molar-refractivity contribution is -0.114. The molecule has 30 heavy (non-hydrogen) atoms. The number of rotatable bonds is 10. The maximum Gasteiger partial charge on any atom is 0.246 e. The quantitative estimate of drug-likeness (QED) is 0.230. The Kier molecular flexibility index (Phi) is 10.4. The molecule has 2 rings (SSSR count). The summed E-state index contributed by atoms with van der Waals surface area (Å²) >= 11 is 0. The standard InChI is InChI=1S/C20H29F3N4O3/c1-2-24-20(25-8-3-9-30-13-14-6-10-29-11-7-14)26-12-17(28)27-16-5-4-15(21)18(22)19(16)23/h4-5,14H,2-3,6-13H2,1H3,(H,27,28)(H2,24,25,26). The fourth-order valence-corrected chi connectivity index (χ4v) is 2.85. The molecular formula is C20H29F3N4O3. The Morgan fingerprint density at radius 3 is 2.70 bits per heavy atom. The van der Waals surface area contributed by atoms with Crippen LogP contribution in [-0.2, 0) is 14.3 Å². The van der Waals surface area contributed by atoms with Gasteiger partial charge >= 0.3 is 0 Å². The molecule has 0 aliphatic carbocycles. The Balaban J connectivity index is 1.70. The number of hydrogen-bond donors (Lipinski definition) is 3. The molecule has 3 N–H and O–H groups in total. The number of ether oxygens (including phenoxy) is 2. The summed E-state index contributed by atoms with van der Waals surface area (Å²) in [5.74, 6) is -4.08. The van der Waals surface area contributed by atoms with Crippen LogP contribution in [0, 0.1) is 23.4 Å². The lowest BCUT2D eigenvalue weighted by Crippen LogP contribution is -2.38. The van der Waals surface area contributed by atoms with Gasteiger partial charge in [-0.2, -0.15) is 0 Å². The summed E-state index contributed by atoms with van der Waals surface area (Å²) in [6.45, 7) is 5.70. The predicted molar refractivity (Wildman–Crippen MR) is 108 cm³/mol. The van der Waals surface area contributed by atoms with Gasteiger partial charge in [0.2, 0.25) is 5.91 Å². The van der Waals surface area contributed by atoms with Crippen LogP contribution in [0.5, 0.6) is 0 Å². The van der Waals surface area contributed by atoms with E-state index >= 15 is 0 Å². The third-order valence-electron chi connectivity index (χ3n) is 4.49. The molecule has 168 valence electrons. The first kappa shape index (κ1) is 23.9. The van der Waals surface area contributed by atoms with Gasteiger partial charge in [0.1, 0.15) is 6.54 Å². The number of hydrogen-bond acceptors (Lipinski definition) is 4. The van der Waals surface area contributed by atoms with Crippen molar-refractivity contribution in [3.8, 4) is 0 Å². The van der Waals surface area contributed by atoms with Crippen LogP contribution in [0.15, 0.2) is 17.1 Å². The van der Waals surface area contributed by atoms with Crippen molar-refractivity contribution in [2.24, 2.45) is 10.9 Å². The minimum Gasteiger partial charge on any atom is -0.381 e. The van der Waals surface area contributed by atoms with Crippen LogP contribution in [0.2, 0.25) is 0 Å². The van der Waals surface area contributed by atoms with Gasteiger partial charge in [-0.15, -0.1) is 0 Å². The van der Waals surface area contributed by atoms with Gasteiger partial charge in [-0.1, -0.05) is 0 Å². The van der Waals surface area contributed by atoms with E-state index in [9.17, 15) is 18.0 Å². The van der Waals surface area contributed by atoms with Gasteiger partial charge in [0.25, 0.3) is 0 Å². The highest BCUT2D eigenvalue weighted by molar-refractivity contribution is 5.94. The summed E-state index contributed by atoms with van der Waals surface area (Å²) in [6.07, 6.45) is 2.83. The average Bonchev–Trinajstić information content (AvgIpc) is 2.75. The molecular weight excluding hydrogens is 401 g/mol. The Morgan fingerprint density at radius 1 is 1.20 bits per heavy atom. The summed E-state index contributed by atoms with van der Waals surface area (Å²) in [7, 11) is 0. The number of carbonyl (C=O) groups excluding carboxylic acids is 1. The average molecular weight is 430 g/mol. The molecule has 1 amide bonds. The molecule has 1 aromatic rings. The Labute approximate surface area is 174 Å². The van der Waals surface area contributed by atoms with Crippen LogP contribution < -0.4 is 16.0 Å². The van der Waals surface area contributed by atoms with E-state index in [2.05, 4.69) is 20.9 Å². The molecule has 1 saturated heterocycles. The molecule has 1 heterocycles. The van der Waals surface area contributed by atoms with E-state index < -0.39 is 29.0 Å². The van der Waals surface area contributed by atoms with Gasteiger partial charge in [-0.05, 0) is 44.2 Å². The molecule has 7 nitrogen and oxygen atoms in total. The Morgan fingerprint density at radius 2 is 1.97 bits per heavy atom. The second-order valence-electron chi connectivity index (χ2n) is 6.88. The number of halogens is 3. The van der Waals surface area contributed by atoms with E-state index in [-0.39, 0.29) is 6.54 Å². The zero-order valence-electron chi connectivity index (χ0n) is 17.1. The van der Waals surface area contributed by atoms with Crippen LogP contribution in [0.3, 0.4) is 0 Å². The SMILES string of the molecule is CCNC(=NCC(=O)Nc1ccc(F)c(F)c1F)NCCCOCC1CCOCC1. The summed E-state index contributed by atoms with van der Waals surface area (Å²) in [4.78, 5) is 16.1. The summed E-state index contributed by atoms with van der Waals surface area (Å²) < 4.78 is 50.8. The molecule has 0 atom stereocenters. The normalized spacial score (nSPS) is 15.1. The highest BCUT2D eigenvalue weighted by Crippen LogP contribution is 2.19. The van der Waals surface area contributed by atoms with Gasteiger partial charge in [0.05, 0.1) is 5.69 Å². The van der Waals surface area contributed by atoms with E-state index in [1.54, 1.807) is 0 Å². The number of benzene rings is 1. The van der Waals surface area contributed by atoms with E-state index in [0.29, 0.717) is 31.6 Å². The molecule has 0 bridgehead atoms. The van der Waals surface area contributed by atoms with E-state index in [4.69, 9.17) is 9.47 Å². The predicted octanol–water partition coefficient (Wildman–Crippen LogP) is 2.43. The van der Waals surface area contributed by atoms with Gasteiger partial charge in [-0.3, -0.25) is 4.79 Å². The van der Waals surface area contributed by atoms with Crippen LogP contribution in [-0.4, -0.2) is 57.9 Å². The lowest BCUT2D eigenvalue weighted by Gasteiger charge is -2.21. The van der Waals surface area contributed by atoms with Crippen molar-refractivity contribution < 1.29 is 27.4 Å². The van der Waals surface area contributed by atoms with Gasteiger partial charge < -0.3 is 25.4 Å². The first-order valence-corrected chi connectivity index (χ1v) is 10.1. The summed E-state index contributed by atoms with van der Waals surface area (Å²) in [6, 6.07) is 1.70. The van der Waals surface area contributed by atoms with Crippen molar-refractivity contribution in [1.82, 2.24) is 10.6 Å². The number of nitrogens with one attached hydrogen (secondary N) is 3. The molecule has 1 aromatic carbocycles. The molecule has 1 aliphatic heterocycles. The topological polar surface area (TPSA) is 84.0 Å². The third-order valence-corrected chi connectivity index (χ3v) is 4.49. The fourth-order valence-electron chi connectivity index (χ4n) is 2.85. The lowest BCUT2D eigenvalue weighted by atomic mass is 10.0.